The molecule has 0 aliphatic carbocycles. The summed E-state index contributed by atoms with van der Waals surface area (Å²) in [7, 11) is 0. The van der Waals surface area contributed by atoms with Gasteiger partial charge in [0.25, 0.3) is 0 Å². The summed E-state index contributed by atoms with van der Waals surface area (Å²) >= 11 is 3.49. The summed E-state index contributed by atoms with van der Waals surface area (Å²) < 4.78 is 1.07. The van der Waals surface area contributed by atoms with Gasteiger partial charge >= 0.3 is 0 Å². The number of para-hydroxylation sites is 1. The van der Waals surface area contributed by atoms with E-state index in [1.54, 1.807) is 6.07 Å². The predicted molar refractivity (Wildman–Crippen MR) is 86.7 cm³/mol. The van der Waals surface area contributed by atoms with Crippen LogP contribution in [0.5, 0.6) is 5.75 Å². The van der Waals surface area contributed by atoms with Crippen LogP contribution in [0.3, 0.4) is 0 Å². The molecule has 0 fully saturated rings. The molecule has 0 saturated carbocycles. The molecule has 3 aromatic carbocycles. The Kier molecular flexibility index (Phi) is 3.57. The molecule has 20 heavy (non-hydrogen) atoms. The van der Waals surface area contributed by atoms with Gasteiger partial charge < -0.3 is 5.11 Å². The highest BCUT2D eigenvalue weighted by Crippen LogP contribution is 2.31. The smallest absolute Gasteiger partial charge is 0.123 e. The minimum atomic E-state index is 0.308. The molecule has 0 bridgehead atoms. The van der Waals surface area contributed by atoms with Crippen LogP contribution in [0.2, 0.25) is 0 Å². The van der Waals surface area contributed by atoms with Crippen molar-refractivity contribution in [1.82, 2.24) is 0 Å². The van der Waals surface area contributed by atoms with Crippen molar-refractivity contribution in [3.05, 3.63) is 77.3 Å². The van der Waals surface area contributed by atoms with Crippen LogP contribution in [0.25, 0.3) is 22.3 Å². The number of hydrogen-bond acceptors (Lipinski definition) is 1. The Labute approximate surface area is 126 Å². The minimum absolute atomic E-state index is 0.308. The van der Waals surface area contributed by atoms with E-state index in [-0.39, 0.29) is 0 Å². The van der Waals surface area contributed by atoms with Crippen molar-refractivity contribution >= 4 is 15.9 Å². The van der Waals surface area contributed by atoms with Crippen molar-refractivity contribution < 1.29 is 5.11 Å². The molecule has 1 N–H and O–H groups in total. The fourth-order valence-electron chi connectivity index (χ4n) is 2.23. The average molecular weight is 325 g/mol. The Morgan fingerprint density at radius 3 is 2.05 bits per heavy atom. The van der Waals surface area contributed by atoms with Crippen LogP contribution in [0.1, 0.15) is 0 Å². The van der Waals surface area contributed by atoms with Gasteiger partial charge in [0.2, 0.25) is 0 Å². The van der Waals surface area contributed by atoms with Crippen LogP contribution >= 0.6 is 15.9 Å². The lowest BCUT2D eigenvalue weighted by Crippen LogP contribution is -1.81. The Morgan fingerprint density at radius 1 is 0.650 bits per heavy atom. The minimum Gasteiger partial charge on any atom is -0.507 e. The van der Waals surface area contributed by atoms with Crippen LogP contribution in [0, 0.1) is 0 Å². The SMILES string of the molecule is Oc1ccccc1-c1ccc(-c2cccc(Br)c2)cc1. The maximum Gasteiger partial charge on any atom is 0.123 e. The lowest BCUT2D eigenvalue weighted by atomic mass is 10.00. The van der Waals surface area contributed by atoms with Gasteiger partial charge in [-0.25, -0.2) is 0 Å². The van der Waals surface area contributed by atoms with Crippen molar-refractivity contribution in [1.29, 1.82) is 0 Å². The largest absolute Gasteiger partial charge is 0.507 e. The summed E-state index contributed by atoms with van der Waals surface area (Å²) in [6.07, 6.45) is 0. The fraction of sp³-hybridized carbons (Fsp3) is 0. The highest BCUT2D eigenvalue weighted by molar-refractivity contribution is 9.10. The fourth-order valence-corrected chi connectivity index (χ4v) is 2.63. The normalized spacial score (nSPS) is 10.4. The van der Waals surface area contributed by atoms with Crippen molar-refractivity contribution in [2.24, 2.45) is 0 Å². The summed E-state index contributed by atoms with van der Waals surface area (Å²) in [5.41, 5.74) is 4.20. The second-order valence-corrected chi connectivity index (χ2v) is 5.52. The molecule has 0 heterocycles. The van der Waals surface area contributed by atoms with E-state index < -0.39 is 0 Å². The van der Waals surface area contributed by atoms with E-state index in [1.807, 2.05) is 42.5 Å². The number of halogens is 1. The zero-order valence-electron chi connectivity index (χ0n) is 10.8. The molecule has 0 radical (unpaired) electrons. The maximum absolute atomic E-state index is 9.88. The lowest BCUT2D eigenvalue weighted by molar-refractivity contribution is 0.477. The molecule has 2 heteroatoms. The Balaban J connectivity index is 1.98. The van der Waals surface area contributed by atoms with Gasteiger partial charge in [-0.1, -0.05) is 70.5 Å². The molecule has 0 aliphatic rings. The molecule has 0 unspecified atom stereocenters. The number of phenols is 1. The zero-order valence-corrected chi connectivity index (χ0v) is 12.3. The third kappa shape index (κ3) is 2.61. The summed E-state index contributed by atoms with van der Waals surface area (Å²) in [5.74, 6) is 0.308. The van der Waals surface area contributed by atoms with Crippen molar-refractivity contribution in [2.75, 3.05) is 0 Å². The first-order chi connectivity index (χ1) is 9.74. The molecule has 0 aliphatic heterocycles. The van der Waals surface area contributed by atoms with E-state index in [1.165, 1.54) is 5.56 Å². The van der Waals surface area contributed by atoms with Gasteiger partial charge in [-0.3, -0.25) is 0 Å². The summed E-state index contributed by atoms with van der Waals surface area (Å²) in [6, 6.07) is 23.8. The van der Waals surface area contributed by atoms with Crippen molar-refractivity contribution in [2.45, 2.75) is 0 Å². The zero-order chi connectivity index (χ0) is 13.9. The first-order valence-electron chi connectivity index (χ1n) is 6.38. The maximum atomic E-state index is 9.88. The number of phenolic OH excluding ortho intramolecular Hbond substituents is 1. The van der Waals surface area contributed by atoms with E-state index in [2.05, 4.69) is 40.2 Å². The quantitative estimate of drug-likeness (QED) is 0.661. The standard InChI is InChI=1S/C18H13BrO/c19-16-5-3-4-15(12-16)13-8-10-14(11-9-13)17-6-1-2-7-18(17)20/h1-12,20H. The van der Waals surface area contributed by atoms with Gasteiger partial charge in [-0.05, 0) is 34.9 Å². The third-order valence-electron chi connectivity index (χ3n) is 3.26. The van der Waals surface area contributed by atoms with Crippen LogP contribution in [-0.2, 0) is 0 Å². The molecule has 3 rings (SSSR count). The second-order valence-electron chi connectivity index (χ2n) is 4.60. The van der Waals surface area contributed by atoms with E-state index >= 15 is 0 Å². The molecule has 0 saturated heterocycles. The topological polar surface area (TPSA) is 20.2 Å². The van der Waals surface area contributed by atoms with Gasteiger partial charge in [0.1, 0.15) is 5.75 Å². The van der Waals surface area contributed by atoms with Gasteiger partial charge in [-0.15, -0.1) is 0 Å². The number of hydrogen-bond donors (Lipinski definition) is 1. The number of aromatic hydroxyl groups is 1. The molecule has 0 spiro atoms. The van der Waals surface area contributed by atoms with Crippen LogP contribution in [0.15, 0.2) is 77.3 Å². The van der Waals surface area contributed by atoms with Gasteiger partial charge in [-0.2, -0.15) is 0 Å². The lowest BCUT2D eigenvalue weighted by Gasteiger charge is -2.07. The predicted octanol–water partition coefficient (Wildman–Crippen LogP) is 5.49. The van der Waals surface area contributed by atoms with Gasteiger partial charge in [0.05, 0.1) is 0 Å². The molecule has 0 atom stereocenters. The molecule has 0 amide bonds. The molecule has 98 valence electrons. The molecule has 3 aromatic rings. The number of benzene rings is 3. The molecule has 1 nitrogen and oxygen atoms in total. The Bertz CT molecular complexity index is 732. The molecular formula is C18H13BrO. The van der Waals surface area contributed by atoms with Crippen LogP contribution in [0.4, 0.5) is 0 Å². The van der Waals surface area contributed by atoms with E-state index in [0.717, 1.165) is 21.2 Å². The second kappa shape index (κ2) is 5.51. The van der Waals surface area contributed by atoms with E-state index in [0.29, 0.717) is 5.75 Å². The van der Waals surface area contributed by atoms with Gasteiger partial charge in [0.15, 0.2) is 0 Å². The summed E-state index contributed by atoms with van der Waals surface area (Å²) in [5, 5.41) is 9.88. The van der Waals surface area contributed by atoms with Crippen molar-refractivity contribution in [3.63, 3.8) is 0 Å². The molecular weight excluding hydrogens is 312 g/mol. The highest BCUT2D eigenvalue weighted by Gasteiger charge is 2.04. The third-order valence-corrected chi connectivity index (χ3v) is 3.75. The highest BCUT2D eigenvalue weighted by atomic mass is 79.9. The first-order valence-corrected chi connectivity index (χ1v) is 7.18. The Morgan fingerprint density at radius 2 is 1.35 bits per heavy atom. The van der Waals surface area contributed by atoms with Crippen molar-refractivity contribution in [3.8, 4) is 28.0 Å². The Hall–Kier alpha value is -2.06. The van der Waals surface area contributed by atoms with E-state index in [9.17, 15) is 5.11 Å². The van der Waals surface area contributed by atoms with Gasteiger partial charge in [0, 0.05) is 10.0 Å². The first kappa shape index (κ1) is 12.9. The molecule has 0 aromatic heterocycles. The summed E-state index contributed by atoms with van der Waals surface area (Å²) in [4.78, 5) is 0. The average Bonchev–Trinajstić information content (AvgIpc) is 2.48. The van der Waals surface area contributed by atoms with Crippen LogP contribution < -0.4 is 0 Å². The van der Waals surface area contributed by atoms with E-state index in [4.69, 9.17) is 0 Å². The number of rotatable bonds is 2. The van der Waals surface area contributed by atoms with Crippen LogP contribution in [-0.4, -0.2) is 5.11 Å². The summed E-state index contributed by atoms with van der Waals surface area (Å²) in [6.45, 7) is 0. The monoisotopic (exact) mass is 324 g/mol.